The molecule has 1 saturated heterocycles. The van der Waals surface area contributed by atoms with E-state index in [4.69, 9.17) is 9.72 Å². The molecule has 0 bridgehead atoms. The van der Waals surface area contributed by atoms with E-state index < -0.39 is 11.3 Å². The Morgan fingerprint density at radius 1 is 1.27 bits per heavy atom. The summed E-state index contributed by atoms with van der Waals surface area (Å²) in [6.07, 6.45) is 4.57. The van der Waals surface area contributed by atoms with E-state index in [1.807, 2.05) is 12.1 Å². The molecule has 0 saturated carbocycles. The topological polar surface area (TPSA) is 135 Å². The molecule has 1 fully saturated rings. The van der Waals surface area contributed by atoms with Crippen molar-refractivity contribution < 1.29 is 13.5 Å². The predicted molar refractivity (Wildman–Crippen MR) is 113 cm³/mol. The number of ether oxygens (including phenoxy) is 1. The van der Waals surface area contributed by atoms with Crippen LogP contribution in [0.2, 0.25) is 0 Å². The van der Waals surface area contributed by atoms with Gasteiger partial charge in [-0.3, -0.25) is 9.31 Å². The molecule has 1 aliphatic rings. The molecule has 0 spiro atoms. The zero-order valence-electron chi connectivity index (χ0n) is 15.8. The summed E-state index contributed by atoms with van der Waals surface area (Å²) >= 11 is -2.36. The van der Waals surface area contributed by atoms with Crippen LogP contribution in [-0.2, 0) is 16.0 Å². The molecular formula is C19H18N7O3S-. The third kappa shape index (κ3) is 3.65. The van der Waals surface area contributed by atoms with E-state index in [0.717, 1.165) is 59.7 Å². The zero-order chi connectivity index (χ0) is 20.5. The number of imidazole rings is 1. The molecule has 10 nitrogen and oxygen atoms in total. The summed E-state index contributed by atoms with van der Waals surface area (Å²) in [5.74, 6) is 0.661. The van der Waals surface area contributed by atoms with Crippen LogP contribution in [0.1, 0.15) is 5.56 Å². The smallest absolute Gasteiger partial charge is 0.181 e. The molecule has 5 rings (SSSR count). The maximum Gasteiger partial charge on any atom is 0.181 e. The van der Waals surface area contributed by atoms with Crippen LogP contribution in [0.4, 0.5) is 5.69 Å². The van der Waals surface area contributed by atoms with Crippen molar-refractivity contribution in [1.29, 1.82) is 0 Å². The normalized spacial score (nSPS) is 16.0. The number of hydrogen-bond acceptors (Lipinski definition) is 7. The number of rotatable bonds is 5. The molecule has 0 radical (unpaired) electrons. The first kappa shape index (κ1) is 18.7. The number of nitrogens with zero attached hydrogens (tertiary/aromatic N) is 4. The number of aromatic nitrogens is 5. The number of H-pyrrole nitrogens is 2. The van der Waals surface area contributed by atoms with E-state index in [2.05, 4.69) is 41.9 Å². The molecule has 11 heteroatoms. The fourth-order valence-electron chi connectivity index (χ4n) is 3.51. The van der Waals surface area contributed by atoms with Gasteiger partial charge in [0.15, 0.2) is 11.5 Å². The van der Waals surface area contributed by atoms with E-state index in [1.165, 1.54) is 6.20 Å². The summed E-state index contributed by atoms with van der Waals surface area (Å²) < 4.78 is 28.8. The van der Waals surface area contributed by atoms with Gasteiger partial charge in [0.1, 0.15) is 5.69 Å². The largest absolute Gasteiger partial charge is 0.755 e. The minimum Gasteiger partial charge on any atom is -0.755 e. The lowest BCUT2D eigenvalue weighted by Gasteiger charge is -2.28. The lowest BCUT2D eigenvalue weighted by Crippen LogP contribution is -2.36. The van der Waals surface area contributed by atoms with Gasteiger partial charge in [-0.1, -0.05) is 0 Å². The van der Waals surface area contributed by atoms with Crippen molar-refractivity contribution in [1.82, 2.24) is 29.9 Å². The summed E-state index contributed by atoms with van der Waals surface area (Å²) in [6, 6.07) is 8.04. The van der Waals surface area contributed by atoms with Gasteiger partial charge in [0.25, 0.3) is 0 Å². The molecule has 4 aromatic rings. The van der Waals surface area contributed by atoms with Crippen molar-refractivity contribution in [2.75, 3.05) is 31.2 Å². The van der Waals surface area contributed by atoms with Crippen molar-refractivity contribution in [2.45, 2.75) is 0 Å². The first-order valence-electron chi connectivity index (χ1n) is 9.36. The minimum absolute atomic E-state index is 0.553. The van der Waals surface area contributed by atoms with E-state index in [0.29, 0.717) is 11.5 Å². The van der Waals surface area contributed by atoms with Crippen molar-refractivity contribution in [3.63, 3.8) is 0 Å². The molecule has 1 unspecified atom stereocenters. The first-order valence-corrected chi connectivity index (χ1v) is 10.4. The van der Waals surface area contributed by atoms with Gasteiger partial charge in [0.05, 0.1) is 29.6 Å². The fourth-order valence-corrected chi connectivity index (χ4v) is 3.69. The maximum absolute atomic E-state index is 10.6. The van der Waals surface area contributed by atoms with Gasteiger partial charge in [0.2, 0.25) is 0 Å². The quantitative estimate of drug-likeness (QED) is 0.415. The third-order valence-electron chi connectivity index (χ3n) is 4.95. The summed E-state index contributed by atoms with van der Waals surface area (Å²) in [4.78, 5) is 14.7. The number of nitrogens with one attached hydrogen (secondary N) is 3. The average Bonchev–Trinajstić information content (AvgIpc) is 3.37. The molecule has 4 heterocycles. The van der Waals surface area contributed by atoms with E-state index in [1.54, 1.807) is 12.3 Å². The number of morpholine rings is 1. The number of fused-ring (bicyclic) bond motifs is 2. The molecule has 1 aliphatic heterocycles. The van der Waals surface area contributed by atoms with E-state index >= 15 is 0 Å². The lowest BCUT2D eigenvalue weighted by atomic mass is 10.2. The highest BCUT2D eigenvalue weighted by atomic mass is 32.2. The van der Waals surface area contributed by atoms with E-state index in [9.17, 15) is 8.76 Å². The highest BCUT2D eigenvalue weighted by Gasteiger charge is 2.15. The summed E-state index contributed by atoms with van der Waals surface area (Å²) in [5.41, 5.74) is 4.93. The summed E-state index contributed by atoms with van der Waals surface area (Å²) in [6.45, 7) is 3.20. The number of benzene rings is 1. The van der Waals surface area contributed by atoms with Gasteiger partial charge < -0.3 is 23.9 Å². The molecular weight excluding hydrogens is 406 g/mol. The number of anilines is 1. The third-order valence-corrected chi connectivity index (χ3v) is 5.28. The second-order valence-electron chi connectivity index (χ2n) is 6.81. The minimum atomic E-state index is -2.36. The number of aromatic amines is 2. The Kier molecular flexibility index (Phi) is 4.91. The Hall–Kier alpha value is -3.28. The second-order valence-corrected chi connectivity index (χ2v) is 7.52. The molecule has 1 aromatic carbocycles. The maximum atomic E-state index is 10.6. The first-order chi connectivity index (χ1) is 14.7. The van der Waals surface area contributed by atoms with Crippen LogP contribution >= 0.6 is 0 Å². The van der Waals surface area contributed by atoms with Crippen molar-refractivity contribution in [3.8, 4) is 11.5 Å². The monoisotopic (exact) mass is 424 g/mol. The van der Waals surface area contributed by atoms with Crippen LogP contribution in [-0.4, -0.2) is 60.2 Å². The Morgan fingerprint density at radius 3 is 2.97 bits per heavy atom. The standard InChI is InChI=1S/C19H19N7O3S/c27-30(28)21-4-3-12-9-14-17(24-25-18(14)20-11-12)19-22-15-2-1-13(10-16(15)23-19)26-5-7-29-8-6-26/h1-4,9-11,21H,5-8H2,(H,22,23)(H,27,28)(H,20,24,25)/p-1. The average molecular weight is 424 g/mol. The second kappa shape index (κ2) is 7.86. The Bertz CT molecular complexity index is 1260. The summed E-state index contributed by atoms with van der Waals surface area (Å²) in [5, 5.41) is 8.03. The van der Waals surface area contributed by atoms with Crippen molar-refractivity contribution in [3.05, 3.63) is 42.2 Å². The Labute approximate surface area is 173 Å². The van der Waals surface area contributed by atoms with Crippen LogP contribution in [0.15, 0.2) is 36.7 Å². The predicted octanol–water partition coefficient (Wildman–Crippen LogP) is 1.69. The van der Waals surface area contributed by atoms with Gasteiger partial charge in [-0.2, -0.15) is 5.10 Å². The SMILES string of the molecule is O=S([O-])NC=Cc1cnc2n[nH]c(-c3nc4ccc(N5CCOCC5)cc4[nH]3)c2c1. The van der Waals surface area contributed by atoms with Crippen molar-refractivity contribution >= 4 is 45.1 Å². The van der Waals surface area contributed by atoms with E-state index in [-0.39, 0.29) is 0 Å². The Balaban J connectivity index is 1.49. The molecule has 154 valence electrons. The van der Waals surface area contributed by atoms with Gasteiger partial charge in [-0.25, -0.2) is 9.97 Å². The van der Waals surface area contributed by atoms with Gasteiger partial charge in [0, 0.05) is 42.4 Å². The van der Waals surface area contributed by atoms with Gasteiger partial charge in [-0.05, 0) is 35.9 Å². The van der Waals surface area contributed by atoms with Crippen LogP contribution in [0.25, 0.3) is 39.7 Å². The van der Waals surface area contributed by atoms with Crippen LogP contribution in [0, 0.1) is 0 Å². The van der Waals surface area contributed by atoms with Gasteiger partial charge >= 0.3 is 0 Å². The highest BCUT2D eigenvalue weighted by Crippen LogP contribution is 2.28. The molecule has 3 N–H and O–H groups in total. The highest BCUT2D eigenvalue weighted by molar-refractivity contribution is 7.77. The van der Waals surface area contributed by atoms with Crippen molar-refractivity contribution in [2.24, 2.45) is 0 Å². The molecule has 0 aliphatic carbocycles. The lowest BCUT2D eigenvalue weighted by molar-refractivity contribution is 0.122. The molecule has 0 amide bonds. The van der Waals surface area contributed by atoms with Crippen LogP contribution in [0.3, 0.4) is 0 Å². The number of hydrogen-bond donors (Lipinski definition) is 3. The number of pyridine rings is 1. The fraction of sp³-hybridized carbons (Fsp3) is 0.211. The molecule has 1 atom stereocenters. The summed E-state index contributed by atoms with van der Waals surface area (Å²) in [7, 11) is 0. The van der Waals surface area contributed by atoms with Crippen LogP contribution in [0.5, 0.6) is 0 Å². The molecule has 3 aromatic heterocycles. The van der Waals surface area contributed by atoms with Gasteiger partial charge in [-0.15, -0.1) is 0 Å². The Morgan fingerprint density at radius 2 is 2.13 bits per heavy atom. The zero-order valence-corrected chi connectivity index (χ0v) is 16.6. The van der Waals surface area contributed by atoms with Crippen LogP contribution < -0.4 is 9.62 Å². The molecule has 30 heavy (non-hydrogen) atoms.